The number of anilines is 1. The fourth-order valence-corrected chi connectivity index (χ4v) is 5.20. The third-order valence-electron chi connectivity index (χ3n) is 5.35. The lowest BCUT2D eigenvalue weighted by molar-refractivity contribution is 0.102. The fourth-order valence-electron chi connectivity index (χ4n) is 3.68. The molecule has 4 rings (SSSR count). The molecule has 2 aliphatic rings. The highest BCUT2D eigenvalue weighted by Gasteiger charge is 2.31. The van der Waals surface area contributed by atoms with Crippen LogP contribution in [0.2, 0.25) is 5.02 Å². The Balaban J connectivity index is 1.57. The van der Waals surface area contributed by atoms with Gasteiger partial charge in [-0.05, 0) is 67.5 Å². The van der Waals surface area contributed by atoms with Gasteiger partial charge >= 0.3 is 0 Å². The van der Waals surface area contributed by atoms with Crippen molar-refractivity contribution in [3.63, 3.8) is 0 Å². The molecule has 5 nitrogen and oxygen atoms in total. The average Bonchev–Trinajstić information content (AvgIpc) is 3.37. The number of benzene rings is 2. The van der Waals surface area contributed by atoms with Crippen LogP contribution in [-0.4, -0.2) is 26.3 Å². The van der Waals surface area contributed by atoms with Crippen molar-refractivity contribution in [2.75, 3.05) is 11.1 Å². The van der Waals surface area contributed by atoms with Gasteiger partial charge in [-0.1, -0.05) is 11.6 Å². The van der Waals surface area contributed by atoms with Crippen LogP contribution in [0.25, 0.3) is 0 Å². The molecule has 1 unspecified atom stereocenters. The molecule has 1 saturated carbocycles. The topological polar surface area (TPSA) is 75.6 Å². The Kier molecular flexibility index (Phi) is 5.63. The van der Waals surface area contributed by atoms with Gasteiger partial charge in [-0.3, -0.25) is 4.79 Å². The number of nitrogens with zero attached hydrogens (tertiary/aromatic N) is 1. The monoisotopic (exact) mass is 452 g/mol. The van der Waals surface area contributed by atoms with Gasteiger partial charge in [0, 0.05) is 28.9 Å². The molecule has 0 heterocycles. The third kappa shape index (κ3) is 4.54. The number of rotatable bonds is 6. The molecule has 0 saturated heterocycles. The zero-order chi connectivity index (χ0) is 21.5. The van der Waals surface area contributed by atoms with E-state index in [-0.39, 0.29) is 22.3 Å². The normalized spacial score (nSPS) is 18.6. The van der Waals surface area contributed by atoms with Gasteiger partial charge in [0.05, 0.1) is 10.8 Å². The lowest BCUT2D eigenvalue weighted by atomic mass is 9.98. The van der Waals surface area contributed by atoms with Crippen LogP contribution in [0.4, 0.5) is 14.5 Å². The second-order valence-electron chi connectivity index (χ2n) is 7.66. The van der Waals surface area contributed by atoms with E-state index in [9.17, 15) is 22.0 Å². The smallest absolute Gasteiger partial charge is 0.255 e. The van der Waals surface area contributed by atoms with E-state index in [1.54, 1.807) is 0 Å². The van der Waals surface area contributed by atoms with E-state index < -0.39 is 33.5 Å². The lowest BCUT2D eigenvalue weighted by Gasteiger charge is -2.12. The molecule has 0 bridgehead atoms. The molecular weight excluding hydrogens is 434 g/mol. The van der Waals surface area contributed by atoms with Gasteiger partial charge < -0.3 is 5.32 Å². The SMILES string of the molecule is O=C(Nc1ccc(F)c(Cl)c1)c1ccc(F)c2c1CCC2C=NS(=O)(=O)CC1CC1. The van der Waals surface area contributed by atoms with Crippen molar-refractivity contribution < 1.29 is 22.0 Å². The maximum Gasteiger partial charge on any atom is 0.255 e. The van der Waals surface area contributed by atoms with Gasteiger partial charge in [-0.2, -0.15) is 4.40 Å². The average molecular weight is 453 g/mol. The molecule has 1 atom stereocenters. The van der Waals surface area contributed by atoms with Crippen molar-refractivity contribution in [1.82, 2.24) is 0 Å². The highest BCUT2D eigenvalue weighted by molar-refractivity contribution is 7.90. The van der Waals surface area contributed by atoms with Crippen LogP contribution in [0.5, 0.6) is 0 Å². The Bertz CT molecular complexity index is 1150. The molecule has 1 N–H and O–H groups in total. The van der Waals surface area contributed by atoms with Crippen molar-refractivity contribution >= 4 is 39.4 Å². The zero-order valence-corrected chi connectivity index (χ0v) is 17.4. The summed E-state index contributed by atoms with van der Waals surface area (Å²) in [6.45, 7) is 0. The number of hydrogen-bond donors (Lipinski definition) is 1. The molecule has 2 aliphatic carbocycles. The molecule has 0 spiro atoms. The highest BCUT2D eigenvalue weighted by atomic mass is 35.5. The largest absolute Gasteiger partial charge is 0.322 e. The second-order valence-corrected chi connectivity index (χ2v) is 9.78. The van der Waals surface area contributed by atoms with E-state index in [0.717, 1.165) is 18.9 Å². The Morgan fingerprint density at radius 2 is 1.90 bits per heavy atom. The molecule has 9 heteroatoms. The van der Waals surface area contributed by atoms with Crippen LogP contribution in [0.15, 0.2) is 34.7 Å². The van der Waals surface area contributed by atoms with Crippen molar-refractivity contribution in [2.45, 2.75) is 31.6 Å². The molecular formula is C21H19ClF2N2O3S. The summed E-state index contributed by atoms with van der Waals surface area (Å²) in [6, 6.07) is 6.39. The number of carbonyl (C=O) groups is 1. The zero-order valence-electron chi connectivity index (χ0n) is 15.9. The number of carbonyl (C=O) groups excluding carboxylic acids is 1. The summed E-state index contributed by atoms with van der Waals surface area (Å²) in [6.07, 6.45) is 3.95. The van der Waals surface area contributed by atoms with E-state index in [2.05, 4.69) is 9.71 Å². The lowest BCUT2D eigenvalue weighted by Crippen LogP contribution is -2.15. The van der Waals surface area contributed by atoms with Crippen molar-refractivity contribution in [3.8, 4) is 0 Å². The van der Waals surface area contributed by atoms with Crippen molar-refractivity contribution in [1.29, 1.82) is 0 Å². The summed E-state index contributed by atoms with van der Waals surface area (Å²) >= 11 is 5.74. The molecule has 0 radical (unpaired) electrons. The van der Waals surface area contributed by atoms with E-state index in [0.29, 0.717) is 29.7 Å². The summed E-state index contributed by atoms with van der Waals surface area (Å²) in [7, 11) is -3.57. The Hall–Kier alpha value is -2.32. The number of nitrogens with one attached hydrogen (secondary N) is 1. The van der Waals surface area contributed by atoms with E-state index in [1.807, 2.05) is 0 Å². The third-order valence-corrected chi connectivity index (χ3v) is 6.97. The van der Waals surface area contributed by atoms with Gasteiger partial charge in [0.2, 0.25) is 0 Å². The van der Waals surface area contributed by atoms with E-state index in [1.165, 1.54) is 30.5 Å². The number of hydrogen-bond acceptors (Lipinski definition) is 3. The molecule has 2 aromatic rings. The molecule has 0 aromatic heterocycles. The van der Waals surface area contributed by atoms with Gasteiger partial charge in [-0.25, -0.2) is 17.2 Å². The Labute approximate surface area is 178 Å². The fraction of sp³-hybridized carbons (Fsp3) is 0.333. The maximum absolute atomic E-state index is 14.5. The van der Waals surface area contributed by atoms with Crippen LogP contribution >= 0.6 is 11.6 Å². The maximum atomic E-state index is 14.5. The van der Waals surface area contributed by atoms with Gasteiger partial charge in [0.1, 0.15) is 11.6 Å². The molecule has 1 amide bonds. The van der Waals surface area contributed by atoms with Gasteiger partial charge in [-0.15, -0.1) is 0 Å². The summed E-state index contributed by atoms with van der Waals surface area (Å²) in [5.41, 5.74) is 1.41. The standard InChI is InChI=1S/C21H19ClF2N2O3S/c22-17-9-14(4-7-18(17)23)26-21(27)16-6-8-19(24)20-13(3-5-15(16)20)10-25-30(28,29)11-12-1-2-12/h4,6-10,12-13H,1-3,5,11H2,(H,26,27). The number of amides is 1. The van der Waals surface area contributed by atoms with Crippen LogP contribution in [0.1, 0.15) is 46.7 Å². The predicted octanol–water partition coefficient (Wildman–Crippen LogP) is 4.71. The molecule has 0 aliphatic heterocycles. The van der Waals surface area contributed by atoms with E-state index in [4.69, 9.17) is 11.6 Å². The summed E-state index contributed by atoms with van der Waals surface area (Å²) in [5.74, 6) is -1.89. The number of sulfonamides is 1. The Morgan fingerprint density at radius 1 is 1.17 bits per heavy atom. The number of fused-ring (bicyclic) bond motifs is 1. The quantitative estimate of drug-likeness (QED) is 0.645. The highest BCUT2D eigenvalue weighted by Crippen LogP contribution is 2.37. The minimum atomic E-state index is -3.57. The number of halogens is 3. The summed E-state index contributed by atoms with van der Waals surface area (Å²) in [5, 5.41) is 2.51. The predicted molar refractivity (Wildman–Crippen MR) is 112 cm³/mol. The van der Waals surface area contributed by atoms with E-state index >= 15 is 0 Å². The molecule has 1 fully saturated rings. The molecule has 158 valence electrons. The molecule has 2 aromatic carbocycles. The van der Waals surface area contributed by atoms with Gasteiger partial charge in [0.15, 0.2) is 0 Å². The van der Waals surface area contributed by atoms with Crippen LogP contribution in [0, 0.1) is 17.6 Å². The van der Waals surface area contributed by atoms with Crippen molar-refractivity contribution in [2.24, 2.45) is 10.3 Å². The first-order valence-electron chi connectivity index (χ1n) is 9.59. The van der Waals surface area contributed by atoms with Gasteiger partial charge in [0.25, 0.3) is 15.9 Å². The van der Waals surface area contributed by atoms with Crippen LogP contribution in [0.3, 0.4) is 0 Å². The van der Waals surface area contributed by atoms with Crippen LogP contribution in [-0.2, 0) is 16.4 Å². The minimum Gasteiger partial charge on any atom is -0.322 e. The minimum absolute atomic E-state index is 0.0221. The second kappa shape index (κ2) is 8.07. The van der Waals surface area contributed by atoms with Crippen LogP contribution < -0.4 is 5.32 Å². The molecule has 30 heavy (non-hydrogen) atoms. The summed E-state index contributed by atoms with van der Waals surface area (Å²) < 4.78 is 55.8. The first-order valence-corrected chi connectivity index (χ1v) is 11.6. The first-order chi connectivity index (χ1) is 14.2. The summed E-state index contributed by atoms with van der Waals surface area (Å²) in [4.78, 5) is 12.7. The van der Waals surface area contributed by atoms with Crippen molar-refractivity contribution in [3.05, 3.63) is 63.7 Å². The first kappa shape index (κ1) is 20.9. The Morgan fingerprint density at radius 3 is 2.60 bits per heavy atom.